The summed E-state index contributed by atoms with van der Waals surface area (Å²) in [6.45, 7) is 2.12. The zero-order valence-corrected chi connectivity index (χ0v) is 10.5. The van der Waals surface area contributed by atoms with Crippen LogP contribution < -0.4 is 5.32 Å². The summed E-state index contributed by atoms with van der Waals surface area (Å²) in [5.41, 5.74) is 2.46. The number of aryl methyl sites for hydroxylation is 1. The Morgan fingerprint density at radius 1 is 1.47 bits per heavy atom. The number of anilines is 1. The highest BCUT2D eigenvalue weighted by Gasteiger charge is 2.13. The van der Waals surface area contributed by atoms with Crippen LogP contribution in [0.25, 0.3) is 0 Å². The minimum Gasteiger partial charge on any atom is -0.381 e. The van der Waals surface area contributed by atoms with Gasteiger partial charge in [0.05, 0.1) is 0 Å². The number of rotatable bonds is 2. The second kappa shape index (κ2) is 5.13. The Kier molecular flexibility index (Phi) is 3.81. The number of benzene rings is 1. The van der Waals surface area contributed by atoms with Crippen LogP contribution in [0.15, 0.2) is 18.2 Å². The highest BCUT2D eigenvalue weighted by Crippen LogP contribution is 2.25. The Bertz CT molecular complexity index is 334. The molecule has 1 aliphatic heterocycles. The molecular weight excluding hydrogens is 226 g/mol. The lowest BCUT2D eigenvalue weighted by Crippen LogP contribution is -2.26. The summed E-state index contributed by atoms with van der Waals surface area (Å²) in [6, 6.07) is 6.65. The average Bonchev–Trinajstić information content (AvgIpc) is 2.25. The van der Waals surface area contributed by atoms with Gasteiger partial charge in [-0.2, -0.15) is 11.8 Å². The summed E-state index contributed by atoms with van der Waals surface area (Å²) in [4.78, 5) is 0. The monoisotopic (exact) mass is 241 g/mol. The predicted molar refractivity (Wildman–Crippen MR) is 70.2 cm³/mol. The van der Waals surface area contributed by atoms with E-state index in [0.29, 0.717) is 6.04 Å². The maximum absolute atomic E-state index is 5.99. The number of nitrogens with one attached hydrogen (secondary N) is 1. The Balaban J connectivity index is 2.05. The molecule has 0 spiro atoms. The molecule has 1 aliphatic rings. The molecule has 2 rings (SSSR count). The molecule has 1 aromatic rings. The lowest BCUT2D eigenvalue weighted by molar-refractivity contribution is 0.684. The van der Waals surface area contributed by atoms with Gasteiger partial charge in [-0.1, -0.05) is 17.7 Å². The molecule has 82 valence electrons. The molecular formula is C12H16ClNS. The van der Waals surface area contributed by atoms with Crippen molar-refractivity contribution in [1.82, 2.24) is 0 Å². The van der Waals surface area contributed by atoms with Gasteiger partial charge in [-0.15, -0.1) is 0 Å². The smallest absolute Gasteiger partial charge is 0.0426 e. The maximum Gasteiger partial charge on any atom is 0.0426 e. The summed E-state index contributed by atoms with van der Waals surface area (Å²) >= 11 is 8.03. The van der Waals surface area contributed by atoms with Gasteiger partial charge in [0.2, 0.25) is 0 Å². The number of hydrogen-bond donors (Lipinski definition) is 1. The largest absolute Gasteiger partial charge is 0.381 e. The molecule has 0 aromatic heterocycles. The zero-order chi connectivity index (χ0) is 10.7. The van der Waals surface area contributed by atoms with Crippen molar-refractivity contribution < 1.29 is 0 Å². The standard InChI is InChI=1S/C12H16ClNS/c1-9-4-5-10(13)7-12(9)14-11-3-2-6-15-8-11/h4-5,7,11,14H,2-3,6,8H2,1H3. The second-order valence-corrected chi connectivity index (χ2v) is 5.60. The van der Waals surface area contributed by atoms with Crippen molar-refractivity contribution in [2.75, 3.05) is 16.8 Å². The topological polar surface area (TPSA) is 12.0 Å². The fourth-order valence-electron chi connectivity index (χ4n) is 1.82. The van der Waals surface area contributed by atoms with Gasteiger partial charge >= 0.3 is 0 Å². The lowest BCUT2D eigenvalue weighted by atomic mass is 10.1. The highest BCUT2D eigenvalue weighted by molar-refractivity contribution is 7.99. The van der Waals surface area contributed by atoms with Gasteiger partial charge < -0.3 is 5.32 Å². The van der Waals surface area contributed by atoms with Crippen molar-refractivity contribution in [2.24, 2.45) is 0 Å². The van der Waals surface area contributed by atoms with Crippen molar-refractivity contribution in [1.29, 1.82) is 0 Å². The fourth-order valence-corrected chi connectivity index (χ4v) is 3.07. The molecule has 0 bridgehead atoms. The van der Waals surface area contributed by atoms with Crippen LogP contribution in [0.3, 0.4) is 0 Å². The van der Waals surface area contributed by atoms with E-state index in [1.807, 2.05) is 23.9 Å². The molecule has 15 heavy (non-hydrogen) atoms. The Hall–Kier alpha value is -0.340. The number of halogens is 1. The van der Waals surface area contributed by atoms with Crippen molar-refractivity contribution in [2.45, 2.75) is 25.8 Å². The minimum atomic E-state index is 0.612. The molecule has 1 aromatic carbocycles. The SMILES string of the molecule is Cc1ccc(Cl)cc1NC1CCCSC1. The molecule has 0 aliphatic carbocycles. The van der Waals surface area contributed by atoms with E-state index in [1.165, 1.54) is 35.6 Å². The quantitative estimate of drug-likeness (QED) is 0.841. The molecule has 1 fully saturated rings. The van der Waals surface area contributed by atoms with Crippen LogP contribution in [-0.2, 0) is 0 Å². The zero-order valence-electron chi connectivity index (χ0n) is 8.92. The molecule has 3 heteroatoms. The van der Waals surface area contributed by atoms with Gasteiger partial charge in [-0.3, -0.25) is 0 Å². The van der Waals surface area contributed by atoms with Crippen LogP contribution in [0.4, 0.5) is 5.69 Å². The first-order valence-electron chi connectivity index (χ1n) is 5.36. The van der Waals surface area contributed by atoms with Crippen LogP contribution in [0.5, 0.6) is 0 Å². The molecule has 1 nitrogen and oxygen atoms in total. The molecule has 0 saturated carbocycles. The van der Waals surface area contributed by atoms with Gasteiger partial charge in [0.25, 0.3) is 0 Å². The van der Waals surface area contributed by atoms with Gasteiger partial charge in [0, 0.05) is 22.5 Å². The van der Waals surface area contributed by atoms with E-state index in [1.54, 1.807) is 0 Å². The minimum absolute atomic E-state index is 0.612. The Morgan fingerprint density at radius 3 is 3.07 bits per heavy atom. The van der Waals surface area contributed by atoms with E-state index in [0.717, 1.165) is 5.02 Å². The van der Waals surface area contributed by atoms with Crippen LogP contribution in [-0.4, -0.2) is 17.5 Å². The fraction of sp³-hybridized carbons (Fsp3) is 0.500. The third-order valence-electron chi connectivity index (χ3n) is 2.72. The van der Waals surface area contributed by atoms with E-state index < -0.39 is 0 Å². The highest BCUT2D eigenvalue weighted by atomic mass is 35.5. The van der Waals surface area contributed by atoms with E-state index in [9.17, 15) is 0 Å². The first-order valence-corrected chi connectivity index (χ1v) is 6.89. The first-order chi connectivity index (χ1) is 7.25. The van der Waals surface area contributed by atoms with E-state index >= 15 is 0 Å². The first kappa shape index (κ1) is 11.2. The van der Waals surface area contributed by atoms with Crippen LogP contribution in [0, 0.1) is 6.92 Å². The van der Waals surface area contributed by atoms with Gasteiger partial charge in [0.1, 0.15) is 0 Å². The van der Waals surface area contributed by atoms with Gasteiger partial charge in [-0.25, -0.2) is 0 Å². The summed E-state index contributed by atoms with van der Waals surface area (Å²) in [5, 5.41) is 4.40. The summed E-state index contributed by atoms with van der Waals surface area (Å²) in [6.07, 6.45) is 2.60. The number of hydrogen-bond acceptors (Lipinski definition) is 2. The third-order valence-corrected chi connectivity index (χ3v) is 4.17. The second-order valence-electron chi connectivity index (χ2n) is 4.02. The number of thioether (sulfide) groups is 1. The Morgan fingerprint density at radius 2 is 2.33 bits per heavy atom. The van der Waals surface area contributed by atoms with Crippen molar-refractivity contribution in [3.63, 3.8) is 0 Å². The molecule has 0 amide bonds. The third kappa shape index (κ3) is 3.05. The Labute approximate surface area is 101 Å². The molecule has 1 saturated heterocycles. The van der Waals surface area contributed by atoms with Gasteiger partial charge in [0.15, 0.2) is 0 Å². The summed E-state index contributed by atoms with van der Waals surface area (Å²) in [5.74, 6) is 2.53. The van der Waals surface area contributed by atoms with E-state index in [4.69, 9.17) is 11.6 Å². The van der Waals surface area contributed by atoms with Gasteiger partial charge in [-0.05, 0) is 43.2 Å². The van der Waals surface area contributed by atoms with Crippen molar-refractivity contribution >= 4 is 29.1 Å². The predicted octanol–water partition coefficient (Wildman–Crippen LogP) is 3.96. The van der Waals surface area contributed by atoms with E-state index in [-0.39, 0.29) is 0 Å². The molecule has 1 N–H and O–H groups in total. The summed E-state index contributed by atoms with van der Waals surface area (Å²) in [7, 11) is 0. The average molecular weight is 242 g/mol. The van der Waals surface area contributed by atoms with E-state index in [2.05, 4.69) is 18.3 Å². The molecule has 0 radical (unpaired) electrons. The van der Waals surface area contributed by atoms with Crippen LogP contribution in [0.1, 0.15) is 18.4 Å². The molecule has 1 heterocycles. The lowest BCUT2D eigenvalue weighted by Gasteiger charge is -2.24. The van der Waals surface area contributed by atoms with Crippen LogP contribution in [0.2, 0.25) is 5.02 Å². The molecule has 1 atom stereocenters. The maximum atomic E-state index is 5.99. The van der Waals surface area contributed by atoms with Crippen molar-refractivity contribution in [3.8, 4) is 0 Å². The normalized spacial score (nSPS) is 21.3. The molecule has 1 unspecified atom stereocenters. The van der Waals surface area contributed by atoms with Crippen molar-refractivity contribution in [3.05, 3.63) is 28.8 Å². The van der Waals surface area contributed by atoms with Crippen LogP contribution >= 0.6 is 23.4 Å². The summed E-state index contributed by atoms with van der Waals surface area (Å²) < 4.78 is 0.